The molecule has 2 heterocycles. The molecule has 3 aromatic rings. The van der Waals surface area contributed by atoms with E-state index in [9.17, 15) is 4.79 Å². The van der Waals surface area contributed by atoms with Gasteiger partial charge in [0.2, 0.25) is 4.96 Å². The lowest BCUT2D eigenvalue weighted by atomic mass is 10.2. The van der Waals surface area contributed by atoms with E-state index in [4.69, 9.17) is 4.74 Å². The Morgan fingerprint density at radius 1 is 1.29 bits per heavy atom. The van der Waals surface area contributed by atoms with Gasteiger partial charge in [0.1, 0.15) is 5.75 Å². The van der Waals surface area contributed by atoms with Crippen molar-refractivity contribution < 1.29 is 14.3 Å². The van der Waals surface area contributed by atoms with E-state index in [0.29, 0.717) is 4.96 Å². The number of hydrogen-bond acceptors (Lipinski definition) is 6. The number of carbonyl (C=O) groups is 1. The van der Waals surface area contributed by atoms with Gasteiger partial charge < -0.3 is 9.47 Å². The molecule has 108 valence electrons. The molecule has 0 spiro atoms. The number of ether oxygens (including phenoxy) is 2. The van der Waals surface area contributed by atoms with Crippen molar-refractivity contribution in [2.75, 3.05) is 19.5 Å². The van der Waals surface area contributed by atoms with Crippen molar-refractivity contribution in [1.29, 1.82) is 0 Å². The SMILES string of the molecule is COC(=O)Nc1nc2scc(-c3ccc(OC)cc3)n2n1. The molecule has 3 rings (SSSR count). The smallest absolute Gasteiger partial charge is 0.413 e. The summed E-state index contributed by atoms with van der Waals surface area (Å²) in [6.45, 7) is 0. The van der Waals surface area contributed by atoms with Crippen molar-refractivity contribution in [1.82, 2.24) is 14.6 Å². The lowest BCUT2D eigenvalue weighted by Gasteiger charge is -2.02. The Morgan fingerprint density at radius 3 is 2.71 bits per heavy atom. The first-order chi connectivity index (χ1) is 10.2. The Bertz CT molecular complexity index is 778. The van der Waals surface area contributed by atoms with Crippen molar-refractivity contribution in [2.24, 2.45) is 0 Å². The third kappa shape index (κ3) is 2.52. The number of nitrogens with zero attached hydrogens (tertiary/aromatic N) is 3. The van der Waals surface area contributed by atoms with Crippen LogP contribution in [-0.2, 0) is 4.74 Å². The van der Waals surface area contributed by atoms with Crippen molar-refractivity contribution in [3.63, 3.8) is 0 Å². The number of rotatable bonds is 3. The standard InChI is InChI=1S/C13H12N4O3S/c1-19-9-5-3-8(4-6-9)10-7-21-12-14-11(16-17(10)12)15-13(18)20-2/h3-7H,1-2H3,(H,15,16,18). The molecule has 0 saturated carbocycles. The third-order valence-electron chi connectivity index (χ3n) is 2.87. The summed E-state index contributed by atoms with van der Waals surface area (Å²) in [7, 11) is 2.91. The molecule has 0 fully saturated rings. The van der Waals surface area contributed by atoms with Crippen molar-refractivity contribution in [2.45, 2.75) is 0 Å². The van der Waals surface area contributed by atoms with Gasteiger partial charge in [-0.3, -0.25) is 5.32 Å². The largest absolute Gasteiger partial charge is 0.497 e. The highest BCUT2D eigenvalue weighted by atomic mass is 32.1. The predicted molar refractivity (Wildman–Crippen MR) is 78.9 cm³/mol. The maximum absolute atomic E-state index is 11.2. The van der Waals surface area contributed by atoms with Crippen LogP contribution in [0.3, 0.4) is 0 Å². The van der Waals surface area contributed by atoms with Gasteiger partial charge in [-0.2, -0.15) is 4.98 Å². The van der Waals surface area contributed by atoms with Crippen molar-refractivity contribution in [3.05, 3.63) is 29.6 Å². The van der Waals surface area contributed by atoms with Crippen LogP contribution in [-0.4, -0.2) is 34.9 Å². The Balaban J connectivity index is 1.96. The van der Waals surface area contributed by atoms with E-state index >= 15 is 0 Å². The van der Waals surface area contributed by atoms with Gasteiger partial charge in [0, 0.05) is 10.9 Å². The van der Waals surface area contributed by atoms with E-state index in [0.717, 1.165) is 17.0 Å². The first kappa shape index (κ1) is 13.4. The van der Waals surface area contributed by atoms with Crippen LogP contribution in [0.15, 0.2) is 29.6 Å². The highest BCUT2D eigenvalue weighted by Gasteiger charge is 2.13. The Labute approximate surface area is 124 Å². The van der Waals surface area contributed by atoms with E-state index in [-0.39, 0.29) is 5.95 Å². The quantitative estimate of drug-likeness (QED) is 0.805. The second kappa shape index (κ2) is 5.41. The molecule has 1 N–H and O–H groups in total. The van der Waals surface area contributed by atoms with Gasteiger partial charge in [0.15, 0.2) is 0 Å². The van der Waals surface area contributed by atoms with Gasteiger partial charge in [-0.1, -0.05) is 0 Å². The monoisotopic (exact) mass is 304 g/mol. The van der Waals surface area contributed by atoms with Crippen LogP contribution in [0.4, 0.5) is 10.7 Å². The van der Waals surface area contributed by atoms with Gasteiger partial charge in [0.05, 0.1) is 19.9 Å². The Hall–Kier alpha value is -2.61. The maximum atomic E-state index is 11.2. The highest BCUT2D eigenvalue weighted by molar-refractivity contribution is 7.15. The minimum atomic E-state index is -0.598. The number of methoxy groups -OCH3 is 2. The Kier molecular flexibility index (Phi) is 3.44. The van der Waals surface area contributed by atoms with Crippen molar-refractivity contribution >= 4 is 28.3 Å². The van der Waals surface area contributed by atoms with Gasteiger partial charge in [0.25, 0.3) is 5.95 Å². The molecule has 0 saturated heterocycles. The van der Waals surface area contributed by atoms with Gasteiger partial charge in [-0.15, -0.1) is 16.4 Å². The molecule has 8 heteroatoms. The molecule has 0 radical (unpaired) electrons. The number of fused-ring (bicyclic) bond motifs is 1. The molecule has 21 heavy (non-hydrogen) atoms. The molecule has 0 bridgehead atoms. The summed E-state index contributed by atoms with van der Waals surface area (Å²) in [4.78, 5) is 16.1. The van der Waals surface area contributed by atoms with Crippen molar-refractivity contribution in [3.8, 4) is 17.0 Å². The number of carbonyl (C=O) groups excluding carboxylic acids is 1. The van der Waals surface area contributed by atoms with Crippen LogP contribution in [0.25, 0.3) is 16.2 Å². The van der Waals surface area contributed by atoms with Gasteiger partial charge >= 0.3 is 6.09 Å². The summed E-state index contributed by atoms with van der Waals surface area (Å²) in [6, 6.07) is 7.64. The number of hydrogen-bond donors (Lipinski definition) is 1. The molecular formula is C13H12N4O3S. The third-order valence-corrected chi connectivity index (χ3v) is 3.68. The summed E-state index contributed by atoms with van der Waals surface area (Å²) < 4.78 is 11.3. The molecule has 7 nitrogen and oxygen atoms in total. The van der Waals surface area contributed by atoms with E-state index in [1.54, 1.807) is 11.6 Å². The first-order valence-corrected chi connectivity index (χ1v) is 6.93. The number of aromatic nitrogens is 3. The summed E-state index contributed by atoms with van der Waals surface area (Å²) >= 11 is 1.44. The van der Waals surface area contributed by atoms with Crippen LogP contribution in [0.2, 0.25) is 0 Å². The van der Waals surface area contributed by atoms with Crippen LogP contribution in [0.5, 0.6) is 5.75 Å². The second-order valence-electron chi connectivity index (χ2n) is 4.10. The fourth-order valence-corrected chi connectivity index (χ4v) is 2.67. The minimum Gasteiger partial charge on any atom is -0.497 e. The predicted octanol–water partition coefficient (Wildman–Crippen LogP) is 2.64. The lowest BCUT2D eigenvalue weighted by molar-refractivity contribution is 0.186. The average Bonchev–Trinajstić information content (AvgIpc) is 3.07. The zero-order valence-electron chi connectivity index (χ0n) is 11.4. The summed E-state index contributed by atoms with van der Waals surface area (Å²) in [5.74, 6) is 1.00. The maximum Gasteiger partial charge on any atom is 0.413 e. The zero-order valence-corrected chi connectivity index (χ0v) is 12.2. The molecule has 0 aliphatic carbocycles. The molecular weight excluding hydrogens is 292 g/mol. The van der Waals surface area contributed by atoms with Gasteiger partial charge in [-0.05, 0) is 24.3 Å². The lowest BCUT2D eigenvalue weighted by Crippen LogP contribution is -2.12. The first-order valence-electron chi connectivity index (χ1n) is 6.05. The highest BCUT2D eigenvalue weighted by Crippen LogP contribution is 2.27. The normalized spacial score (nSPS) is 10.6. The van der Waals surface area contributed by atoms with E-state index in [1.165, 1.54) is 18.4 Å². The average molecular weight is 304 g/mol. The molecule has 2 aromatic heterocycles. The van der Waals surface area contributed by atoms with E-state index < -0.39 is 6.09 Å². The van der Waals surface area contributed by atoms with E-state index in [1.807, 2.05) is 29.6 Å². The summed E-state index contributed by atoms with van der Waals surface area (Å²) in [6.07, 6.45) is -0.598. The Morgan fingerprint density at radius 2 is 2.05 bits per heavy atom. The molecule has 0 aliphatic rings. The fourth-order valence-electron chi connectivity index (χ4n) is 1.84. The molecule has 0 unspecified atom stereocenters. The van der Waals surface area contributed by atoms with Crippen LogP contribution >= 0.6 is 11.3 Å². The number of nitrogens with one attached hydrogen (secondary N) is 1. The molecule has 0 aliphatic heterocycles. The summed E-state index contributed by atoms with van der Waals surface area (Å²) in [5.41, 5.74) is 1.87. The van der Waals surface area contributed by atoms with Crippen LogP contribution in [0.1, 0.15) is 0 Å². The fraction of sp³-hybridized carbons (Fsp3) is 0.154. The number of benzene rings is 1. The number of thiazole rings is 1. The number of amides is 1. The zero-order chi connectivity index (χ0) is 14.8. The topological polar surface area (TPSA) is 77.8 Å². The molecule has 1 aromatic carbocycles. The number of anilines is 1. The summed E-state index contributed by atoms with van der Waals surface area (Å²) in [5, 5.41) is 8.66. The van der Waals surface area contributed by atoms with Crippen LogP contribution in [0, 0.1) is 0 Å². The van der Waals surface area contributed by atoms with E-state index in [2.05, 4.69) is 20.1 Å². The van der Waals surface area contributed by atoms with Crippen LogP contribution < -0.4 is 10.1 Å². The molecule has 0 atom stereocenters. The molecule has 1 amide bonds. The minimum absolute atomic E-state index is 0.212. The van der Waals surface area contributed by atoms with Gasteiger partial charge in [-0.25, -0.2) is 9.31 Å². The second-order valence-corrected chi connectivity index (χ2v) is 4.93.